The molecule has 0 saturated heterocycles. The number of nitrogens with zero attached hydrogens (tertiary/aromatic N) is 1. The minimum atomic E-state index is -0.581. The van der Waals surface area contributed by atoms with Crippen molar-refractivity contribution in [3.05, 3.63) is 160 Å². The van der Waals surface area contributed by atoms with Crippen LogP contribution in [-0.4, -0.2) is 22.7 Å². The van der Waals surface area contributed by atoms with Crippen LogP contribution in [0.4, 0.5) is 11.5 Å². The number of halogens is 1. The van der Waals surface area contributed by atoms with Crippen LogP contribution >= 0.6 is 27.7 Å². The average molecular weight is 664 g/mol. The molecule has 44 heavy (non-hydrogen) atoms. The number of anilines is 2. The predicted octanol–water partition coefficient (Wildman–Crippen LogP) is 7.73. The molecule has 7 nitrogen and oxygen atoms in total. The molecule has 0 fully saturated rings. The largest absolute Gasteiger partial charge is 0.321 e. The Kier molecular flexibility index (Phi) is 10.4. The first-order chi connectivity index (χ1) is 21.4. The molecule has 218 valence electrons. The number of carbonyl (C=O) groups is 3. The summed E-state index contributed by atoms with van der Waals surface area (Å²) in [7, 11) is 0. The van der Waals surface area contributed by atoms with Crippen molar-refractivity contribution in [1.29, 1.82) is 0 Å². The van der Waals surface area contributed by atoms with Crippen molar-refractivity contribution in [3.8, 4) is 0 Å². The number of hydrogen-bond donors (Lipinski definition) is 3. The zero-order valence-corrected chi connectivity index (χ0v) is 25.7. The van der Waals surface area contributed by atoms with Crippen molar-refractivity contribution >= 4 is 63.0 Å². The van der Waals surface area contributed by atoms with E-state index in [0.717, 1.165) is 20.5 Å². The second-order valence-corrected chi connectivity index (χ2v) is 11.6. The molecule has 1 unspecified atom stereocenters. The molecule has 0 radical (unpaired) electrons. The molecular formula is C35H27BrN4O3S. The topological polar surface area (TPSA) is 100 Å². The van der Waals surface area contributed by atoms with Crippen LogP contribution in [-0.2, 0) is 9.59 Å². The van der Waals surface area contributed by atoms with E-state index < -0.39 is 17.1 Å². The van der Waals surface area contributed by atoms with Gasteiger partial charge < -0.3 is 16.0 Å². The number of carbonyl (C=O) groups excluding carboxylic acids is 3. The Hall–Kier alpha value is -4.99. The summed E-state index contributed by atoms with van der Waals surface area (Å²) in [6, 6.07) is 38.1. The van der Waals surface area contributed by atoms with E-state index in [-0.39, 0.29) is 11.6 Å². The number of amides is 3. The summed E-state index contributed by atoms with van der Waals surface area (Å²) >= 11 is 4.77. The van der Waals surface area contributed by atoms with Crippen LogP contribution < -0.4 is 16.0 Å². The number of aromatic nitrogens is 1. The van der Waals surface area contributed by atoms with Crippen molar-refractivity contribution in [2.75, 3.05) is 10.6 Å². The van der Waals surface area contributed by atoms with Gasteiger partial charge in [-0.2, -0.15) is 0 Å². The highest BCUT2D eigenvalue weighted by Gasteiger charge is 2.23. The van der Waals surface area contributed by atoms with Gasteiger partial charge in [-0.3, -0.25) is 14.4 Å². The van der Waals surface area contributed by atoms with E-state index in [2.05, 4.69) is 36.9 Å². The van der Waals surface area contributed by atoms with Gasteiger partial charge in [0.05, 0.1) is 0 Å². The molecule has 0 aliphatic carbocycles. The molecular weight excluding hydrogens is 636 g/mol. The highest BCUT2D eigenvalue weighted by atomic mass is 79.9. The molecule has 3 N–H and O–H groups in total. The molecule has 1 aromatic heterocycles. The third-order valence-corrected chi connectivity index (χ3v) is 8.09. The maximum atomic E-state index is 13.5. The Morgan fingerprint density at radius 1 is 0.750 bits per heavy atom. The smallest absolute Gasteiger partial charge is 0.272 e. The Labute approximate surface area is 268 Å². The maximum absolute atomic E-state index is 13.5. The first-order valence-electron chi connectivity index (χ1n) is 13.6. The Bertz CT molecular complexity index is 1770. The third-order valence-electron chi connectivity index (χ3n) is 6.31. The van der Waals surface area contributed by atoms with Crippen molar-refractivity contribution in [3.63, 3.8) is 0 Å². The lowest BCUT2D eigenvalue weighted by Crippen LogP contribution is -2.30. The fraction of sp³-hybridized carbons (Fsp3) is 0.0286. The number of pyridine rings is 1. The molecule has 9 heteroatoms. The van der Waals surface area contributed by atoms with E-state index in [1.165, 1.54) is 11.8 Å². The van der Waals surface area contributed by atoms with Gasteiger partial charge in [0, 0.05) is 26.8 Å². The highest BCUT2D eigenvalue weighted by molar-refractivity contribution is 9.10. The molecule has 5 aromatic rings. The van der Waals surface area contributed by atoms with Gasteiger partial charge in [-0.1, -0.05) is 88.7 Å². The number of benzene rings is 4. The highest BCUT2D eigenvalue weighted by Crippen LogP contribution is 2.37. The molecule has 3 amide bonds. The zero-order valence-electron chi connectivity index (χ0n) is 23.3. The Morgan fingerprint density at radius 3 is 2.16 bits per heavy atom. The van der Waals surface area contributed by atoms with Gasteiger partial charge in [-0.15, -0.1) is 11.8 Å². The lowest BCUT2D eigenvalue weighted by atomic mass is 10.1. The summed E-state index contributed by atoms with van der Waals surface area (Å²) in [4.78, 5) is 44.9. The summed E-state index contributed by atoms with van der Waals surface area (Å²) in [6.07, 6.45) is 3.24. The van der Waals surface area contributed by atoms with Crippen LogP contribution in [0.15, 0.2) is 149 Å². The minimum Gasteiger partial charge on any atom is -0.321 e. The number of rotatable bonds is 10. The maximum Gasteiger partial charge on any atom is 0.272 e. The molecule has 0 spiro atoms. The molecule has 1 heterocycles. The molecule has 0 aliphatic rings. The van der Waals surface area contributed by atoms with Gasteiger partial charge in [0.2, 0.25) is 5.91 Å². The fourth-order valence-corrected chi connectivity index (χ4v) is 5.53. The third kappa shape index (κ3) is 8.53. The first-order valence-corrected chi connectivity index (χ1v) is 15.3. The van der Waals surface area contributed by atoms with Crippen LogP contribution in [0.25, 0.3) is 6.08 Å². The Morgan fingerprint density at radius 2 is 1.45 bits per heavy atom. The van der Waals surface area contributed by atoms with Gasteiger partial charge in [-0.05, 0) is 71.8 Å². The van der Waals surface area contributed by atoms with Crippen LogP contribution in [0, 0.1) is 0 Å². The van der Waals surface area contributed by atoms with Crippen molar-refractivity contribution < 1.29 is 14.4 Å². The molecule has 4 aromatic carbocycles. The van der Waals surface area contributed by atoms with E-state index >= 15 is 0 Å². The van der Waals surface area contributed by atoms with Gasteiger partial charge >= 0.3 is 0 Å². The van der Waals surface area contributed by atoms with Crippen LogP contribution in [0.2, 0.25) is 0 Å². The van der Waals surface area contributed by atoms with E-state index in [9.17, 15) is 14.4 Å². The normalized spacial score (nSPS) is 11.7. The minimum absolute atomic E-state index is 0.0798. The van der Waals surface area contributed by atoms with Crippen LogP contribution in [0.5, 0.6) is 0 Å². The van der Waals surface area contributed by atoms with Crippen LogP contribution in [0.1, 0.15) is 26.7 Å². The second kappa shape index (κ2) is 15.0. The number of hydrogen-bond acceptors (Lipinski definition) is 5. The monoisotopic (exact) mass is 662 g/mol. The molecule has 5 rings (SSSR count). The summed E-state index contributed by atoms with van der Waals surface area (Å²) in [5, 5.41) is 7.96. The average Bonchev–Trinajstić information content (AvgIpc) is 3.05. The predicted molar refractivity (Wildman–Crippen MR) is 179 cm³/mol. The number of thioether (sulfide) groups is 1. The summed E-state index contributed by atoms with van der Waals surface area (Å²) in [6.45, 7) is 0. The van der Waals surface area contributed by atoms with Crippen molar-refractivity contribution in [1.82, 2.24) is 10.3 Å². The van der Waals surface area contributed by atoms with E-state index in [1.54, 1.807) is 72.9 Å². The fourth-order valence-electron chi connectivity index (χ4n) is 4.18. The van der Waals surface area contributed by atoms with Gasteiger partial charge in [0.1, 0.15) is 16.8 Å². The first kappa shape index (κ1) is 30.5. The zero-order chi connectivity index (χ0) is 30.7. The van der Waals surface area contributed by atoms with Gasteiger partial charge in [0.15, 0.2) is 0 Å². The molecule has 0 saturated carbocycles. The lowest BCUT2D eigenvalue weighted by molar-refractivity contribution is -0.116. The van der Waals surface area contributed by atoms with E-state index in [4.69, 9.17) is 0 Å². The molecule has 0 aliphatic heterocycles. The lowest BCUT2D eigenvalue weighted by Gasteiger charge is -2.17. The second-order valence-electron chi connectivity index (χ2n) is 9.52. The molecule has 1 atom stereocenters. The quantitative estimate of drug-likeness (QED) is 0.105. The standard InChI is InChI=1S/C35H27BrN4O3S/c36-27-19-17-24(18-20-27)22-30(39-33(41)26-12-5-2-6-13-26)34(42)38-28-14-9-15-29(23-28)44-32(25-10-3-1-4-11-25)35(43)40-31-16-7-8-21-37-31/h1-23,32H,(H,38,42)(H,39,41)(H,37,40,43)/b30-22-. The number of nitrogens with one attached hydrogen (secondary N) is 3. The van der Waals surface area contributed by atoms with E-state index in [0.29, 0.717) is 17.1 Å². The van der Waals surface area contributed by atoms with Gasteiger partial charge in [-0.25, -0.2) is 4.98 Å². The Balaban J connectivity index is 1.37. The molecule has 0 bridgehead atoms. The van der Waals surface area contributed by atoms with E-state index in [1.807, 2.05) is 66.7 Å². The van der Waals surface area contributed by atoms with Crippen molar-refractivity contribution in [2.24, 2.45) is 0 Å². The van der Waals surface area contributed by atoms with Gasteiger partial charge in [0.25, 0.3) is 11.8 Å². The summed E-state index contributed by atoms with van der Waals surface area (Å²) in [5.74, 6) is -0.662. The summed E-state index contributed by atoms with van der Waals surface area (Å²) in [5.41, 5.74) is 2.57. The summed E-state index contributed by atoms with van der Waals surface area (Å²) < 4.78 is 0.894. The van der Waals surface area contributed by atoms with Crippen molar-refractivity contribution in [2.45, 2.75) is 10.1 Å². The SMILES string of the molecule is O=C(Nc1cccc(SC(C(=O)Nc2ccccn2)c2ccccc2)c1)/C(=C/c1ccc(Br)cc1)NC(=O)c1ccccc1. The van der Waals surface area contributed by atoms with Crippen LogP contribution in [0.3, 0.4) is 0 Å².